The molecule has 1 aromatic carbocycles. The molecule has 0 unspecified atom stereocenters. The lowest BCUT2D eigenvalue weighted by atomic mass is 10.2. The predicted molar refractivity (Wildman–Crippen MR) is 82.4 cm³/mol. The smallest absolute Gasteiger partial charge is 0.278 e. The number of hydrogen-bond donors (Lipinski definition) is 1. The fraction of sp³-hybridized carbons (Fsp3) is 0.188. The van der Waals surface area contributed by atoms with E-state index < -0.39 is 0 Å². The zero-order valence-corrected chi connectivity index (χ0v) is 12.0. The molecule has 0 radical (unpaired) electrons. The number of aromatic nitrogens is 3. The van der Waals surface area contributed by atoms with E-state index in [4.69, 9.17) is 0 Å². The predicted octanol–water partition coefficient (Wildman–Crippen LogP) is 1.53. The number of aryl methyl sites for hydroxylation is 1. The van der Waals surface area contributed by atoms with Crippen LogP contribution in [-0.2, 0) is 6.42 Å². The average Bonchev–Trinajstić information content (AvgIpc) is 3.10. The number of carbonyl (C=O) groups is 1. The first-order valence-corrected chi connectivity index (χ1v) is 7.12. The van der Waals surface area contributed by atoms with E-state index in [1.807, 2.05) is 24.3 Å². The maximum atomic E-state index is 12.7. The Morgan fingerprint density at radius 3 is 3.00 bits per heavy atom. The molecule has 0 spiro atoms. The zero-order valence-electron chi connectivity index (χ0n) is 12.0. The van der Waals surface area contributed by atoms with Gasteiger partial charge in [-0.2, -0.15) is 5.10 Å². The minimum Gasteiger partial charge on any atom is -0.323 e. The van der Waals surface area contributed by atoms with E-state index in [2.05, 4.69) is 10.1 Å². The monoisotopic (exact) mass is 294 g/mol. The number of nitrogens with one attached hydrogen (secondary N) is 1. The van der Waals surface area contributed by atoms with Gasteiger partial charge in [0.25, 0.3) is 11.5 Å². The van der Waals surface area contributed by atoms with E-state index in [1.54, 1.807) is 24.1 Å². The topological polar surface area (TPSA) is 70.5 Å². The van der Waals surface area contributed by atoms with Crippen LogP contribution in [0.25, 0.3) is 5.52 Å². The molecule has 3 heterocycles. The number of aromatic amines is 1. The van der Waals surface area contributed by atoms with Crippen LogP contribution in [-0.4, -0.2) is 27.0 Å². The van der Waals surface area contributed by atoms with Crippen LogP contribution in [0.4, 0.5) is 5.69 Å². The van der Waals surface area contributed by atoms with Crippen molar-refractivity contribution >= 4 is 17.1 Å². The summed E-state index contributed by atoms with van der Waals surface area (Å²) in [6.07, 6.45) is 2.54. The van der Waals surface area contributed by atoms with E-state index in [0.717, 1.165) is 17.7 Å². The Hall–Kier alpha value is -2.89. The average molecular weight is 294 g/mol. The number of carbonyl (C=O) groups excluding carboxylic acids is 1. The Morgan fingerprint density at radius 2 is 2.14 bits per heavy atom. The van der Waals surface area contributed by atoms with Crippen LogP contribution in [0.3, 0.4) is 0 Å². The molecule has 6 heteroatoms. The Kier molecular flexibility index (Phi) is 2.66. The Morgan fingerprint density at radius 1 is 1.32 bits per heavy atom. The number of benzene rings is 1. The second-order valence-electron chi connectivity index (χ2n) is 5.46. The van der Waals surface area contributed by atoms with Crippen LogP contribution < -0.4 is 10.5 Å². The van der Waals surface area contributed by atoms with Gasteiger partial charge in [-0.25, -0.2) is 4.52 Å². The number of amides is 1. The van der Waals surface area contributed by atoms with Crippen molar-refractivity contribution in [3.8, 4) is 0 Å². The molecule has 2 aromatic heterocycles. The third-order valence-corrected chi connectivity index (χ3v) is 3.95. The summed E-state index contributed by atoms with van der Waals surface area (Å²) in [6, 6.07) is 9.40. The molecule has 1 amide bonds. The molecule has 3 aromatic rings. The SMILES string of the molecule is Cc1cn2nc(C(=O)N3CCc4ccccc43)cc2c(=O)[nH]1. The summed E-state index contributed by atoms with van der Waals surface area (Å²) < 4.78 is 1.46. The molecule has 0 saturated carbocycles. The first kappa shape index (κ1) is 12.8. The fourth-order valence-corrected chi connectivity index (χ4v) is 2.91. The van der Waals surface area contributed by atoms with Gasteiger partial charge in [0.15, 0.2) is 5.69 Å². The molecule has 0 bridgehead atoms. The summed E-state index contributed by atoms with van der Waals surface area (Å²) in [5, 5.41) is 4.26. The van der Waals surface area contributed by atoms with Gasteiger partial charge >= 0.3 is 0 Å². The molecule has 1 N–H and O–H groups in total. The molecular weight excluding hydrogens is 280 g/mol. The van der Waals surface area contributed by atoms with Crippen molar-refractivity contribution in [3.63, 3.8) is 0 Å². The van der Waals surface area contributed by atoms with Gasteiger partial charge in [-0.3, -0.25) is 9.59 Å². The second-order valence-corrected chi connectivity index (χ2v) is 5.46. The quantitative estimate of drug-likeness (QED) is 0.740. The number of para-hydroxylation sites is 1. The third kappa shape index (κ3) is 1.84. The minimum atomic E-state index is -0.242. The van der Waals surface area contributed by atoms with Crippen molar-refractivity contribution in [2.24, 2.45) is 0 Å². The van der Waals surface area contributed by atoms with Gasteiger partial charge < -0.3 is 9.88 Å². The van der Waals surface area contributed by atoms with Gasteiger partial charge in [0.05, 0.1) is 0 Å². The second kappa shape index (κ2) is 4.56. The first-order valence-electron chi connectivity index (χ1n) is 7.12. The van der Waals surface area contributed by atoms with Crippen molar-refractivity contribution in [2.75, 3.05) is 11.4 Å². The number of hydrogen-bond acceptors (Lipinski definition) is 3. The van der Waals surface area contributed by atoms with Crippen molar-refractivity contribution in [2.45, 2.75) is 13.3 Å². The van der Waals surface area contributed by atoms with Gasteiger partial charge in [0, 0.05) is 30.2 Å². The lowest BCUT2D eigenvalue weighted by Gasteiger charge is -2.15. The van der Waals surface area contributed by atoms with Crippen LogP contribution in [0.15, 0.2) is 41.3 Å². The highest BCUT2D eigenvalue weighted by atomic mass is 16.2. The van der Waals surface area contributed by atoms with Gasteiger partial charge in [-0.1, -0.05) is 18.2 Å². The molecule has 0 fully saturated rings. The summed E-state index contributed by atoms with van der Waals surface area (Å²) in [5.41, 5.74) is 3.21. The molecule has 0 aliphatic carbocycles. The van der Waals surface area contributed by atoms with E-state index in [-0.39, 0.29) is 17.2 Å². The van der Waals surface area contributed by atoms with Crippen LogP contribution in [0.5, 0.6) is 0 Å². The third-order valence-electron chi connectivity index (χ3n) is 3.95. The van der Waals surface area contributed by atoms with Crippen molar-refractivity contribution in [1.82, 2.24) is 14.6 Å². The van der Waals surface area contributed by atoms with Crippen LogP contribution in [0.2, 0.25) is 0 Å². The van der Waals surface area contributed by atoms with Gasteiger partial charge in [-0.05, 0) is 25.0 Å². The molecule has 0 saturated heterocycles. The largest absolute Gasteiger partial charge is 0.323 e. The van der Waals surface area contributed by atoms with Gasteiger partial charge in [-0.15, -0.1) is 0 Å². The summed E-state index contributed by atoms with van der Waals surface area (Å²) >= 11 is 0. The lowest BCUT2D eigenvalue weighted by Crippen LogP contribution is -2.29. The maximum absolute atomic E-state index is 12.7. The molecule has 1 aliphatic heterocycles. The molecule has 1 aliphatic rings. The zero-order chi connectivity index (χ0) is 15.3. The Labute approximate surface area is 126 Å². The van der Waals surface area contributed by atoms with E-state index >= 15 is 0 Å². The molecule has 6 nitrogen and oxygen atoms in total. The summed E-state index contributed by atoms with van der Waals surface area (Å²) in [6.45, 7) is 2.42. The highest BCUT2D eigenvalue weighted by molar-refractivity contribution is 6.06. The fourth-order valence-electron chi connectivity index (χ4n) is 2.91. The van der Waals surface area contributed by atoms with Crippen LogP contribution in [0.1, 0.15) is 21.7 Å². The first-order chi connectivity index (χ1) is 10.6. The highest BCUT2D eigenvalue weighted by Gasteiger charge is 2.27. The van der Waals surface area contributed by atoms with E-state index in [0.29, 0.717) is 17.8 Å². The number of fused-ring (bicyclic) bond motifs is 2. The van der Waals surface area contributed by atoms with Crippen LogP contribution >= 0.6 is 0 Å². The number of H-pyrrole nitrogens is 1. The number of nitrogens with zero attached hydrogens (tertiary/aromatic N) is 3. The summed E-state index contributed by atoms with van der Waals surface area (Å²) in [5.74, 6) is -0.175. The lowest BCUT2D eigenvalue weighted by molar-refractivity contribution is 0.0984. The normalized spacial score (nSPS) is 13.6. The van der Waals surface area contributed by atoms with Gasteiger partial charge in [0.2, 0.25) is 0 Å². The van der Waals surface area contributed by atoms with Crippen molar-refractivity contribution in [1.29, 1.82) is 0 Å². The van der Waals surface area contributed by atoms with E-state index in [1.165, 1.54) is 4.52 Å². The minimum absolute atomic E-state index is 0.175. The summed E-state index contributed by atoms with van der Waals surface area (Å²) in [4.78, 5) is 29.1. The standard InChI is InChI=1S/C16H14N4O2/c1-10-9-20-14(15(21)17-10)8-12(18-20)16(22)19-7-6-11-4-2-3-5-13(11)19/h2-5,8-9H,6-7H2,1H3,(H,17,21). The maximum Gasteiger partial charge on any atom is 0.278 e. The Balaban J connectivity index is 1.78. The molecule has 110 valence electrons. The van der Waals surface area contributed by atoms with Crippen molar-refractivity contribution in [3.05, 3.63) is 63.8 Å². The molecule has 22 heavy (non-hydrogen) atoms. The summed E-state index contributed by atoms with van der Waals surface area (Å²) in [7, 11) is 0. The number of anilines is 1. The van der Waals surface area contributed by atoms with Crippen molar-refractivity contribution < 1.29 is 4.79 Å². The molecule has 0 atom stereocenters. The Bertz CT molecular complexity index is 954. The highest BCUT2D eigenvalue weighted by Crippen LogP contribution is 2.28. The number of rotatable bonds is 1. The van der Waals surface area contributed by atoms with Crippen LogP contribution in [0, 0.1) is 6.92 Å². The van der Waals surface area contributed by atoms with E-state index in [9.17, 15) is 9.59 Å². The molecule has 4 rings (SSSR count). The van der Waals surface area contributed by atoms with Gasteiger partial charge in [0.1, 0.15) is 5.52 Å². The molecular formula is C16H14N4O2.